The van der Waals surface area contributed by atoms with Crippen LogP contribution in [0.5, 0.6) is 0 Å². The summed E-state index contributed by atoms with van der Waals surface area (Å²) in [5, 5.41) is 0. The molecule has 2 heterocycles. The van der Waals surface area contributed by atoms with Gasteiger partial charge < -0.3 is 15.4 Å². The summed E-state index contributed by atoms with van der Waals surface area (Å²) in [5.74, 6) is 0.182. The quantitative estimate of drug-likeness (QED) is 0.827. The van der Waals surface area contributed by atoms with Crippen molar-refractivity contribution in [3.05, 3.63) is 0 Å². The first-order chi connectivity index (χ1) is 8.78. The molecule has 3 aliphatic rings. The van der Waals surface area contributed by atoms with Gasteiger partial charge in [-0.05, 0) is 25.7 Å². The van der Waals surface area contributed by atoms with Crippen molar-refractivity contribution in [3.63, 3.8) is 0 Å². The molecule has 2 atom stereocenters. The van der Waals surface area contributed by atoms with Crippen LogP contribution < -0.4 is 5.73 Å². The van der Waals surface area contributed by atoms with Crippen LogP contribution in [0.4, 0.5) is 0 Å². The topological polar surface area (TPSA) is 58.8 Å². The third-order valence-corrected chi connectivity index (χ3v) is 4.34. The van der Waals surface area contributed by atoms with Gasteiger partial charge in [0, 0.05) is 38.8 Å². The molecule has 0 bridgehead atoms. The number of halogens is 2. The molecule has 1 saturated carbocycles. The largest absolute Gasteiger partial charge is 0.364 e. The molecule has 20 heavy (non-hydrogen) atoms. The average molecular weight is 326 g/mol. The van der Waals surface area contributed by atoms with Gasteiger partial charge in [-0.3, -0.25) is 9.69 Å². The van der Waals surface area contributed by atoms with Crippen molar-refractivity contribution in [1.29, 1.82) is 0 Å². The number of hydrogen-bond acceptors (Lipinski definition) is 4. The molecule has 0 unspecified atom stereocenters. The van der Waals surface area contributed by atoms with Crippen molar-refractivity contribution >= 4 is 30.7 Å². The molecule has 118 valence electrons. The Bertz CT molecular complexity index is 321. The molecule has 3 rings (SSSR count). The summed E-state index contributed by atoms with van der Waals surface area (Å²) in [7, 11) is 0. The van der Waals surface area contributed by atoms with E-state index >= 15 is 0 Å². The van der Waals surface area contributed by atoms with E-state index in [-0.39, 0.29) is 42.9 Å². The van der Waals surface area contributed by atoms with Crippen LogP contribution in [-0.4, -0.2) is 66.7 Å². The van der Waals surface area contributed by atoms with E-state index < -0.39 is 0 Å². The molecule has 0 aromatic heterocycles. The number of rotatable bonds is 3. The van der Waals surface area contributed by atoms with E-state index in [0.717, 1.165) is 45.1 Å². The second kappa shape index (κ2) is 7.80. The highest BCUT2D eigenvalue weighted by molar-refractivity contribution is 5.85. The van der Waals surface area contributed by atoms with Crippen LogP contribution in [-0.2, 0) is 9.53 Å². The summed E-state index contributed by atoms with van der Waals surface area (Å²) >= 11 is 0. The van der Waals surface area contributed by atoms with Gasteiger partial charge in [0.25, 0.3) is 5.91 Å². The van der Waals surface area contributed by atoms with E-state index in [2.05, 4.69) is 4.90 Å². The van der Waals surface area contributed by atoms with Gasteiger partial charge in [-0.15, -0.1) is 24.8 Å². The lowest BCUT2D eigenvalue weighted by atomic mass is 10.1. The minimum atomic E-state index is -0.231. The third kappa shape index (κ3) is 3.98. The minimum absolute atomic E-state index is 0. The van der Waals surface area contributed by atoms with Crippen LogP contribution in [0.2, 0.25) is 0 Å². The lowest BCUT2D eigenvalue weighted by Crippen LogP contribution is -2.52. The Morgan fingerprint density at radius 3 is 2.20 bits per heavy atom. The van der Waals surface area contributed by atoms with E-state index in [1.807, 2.05) is 4.90 Å². The maximum absolute atomic E-state index is 12.3. The van der Waals surface area contributed by atoms with Gasteiger partial charge in [0.05, 0.1) is 6.10 Å². The highest BCUT2D eigenvalue weighted by Crippen LogP contribution is 2.28. The fourth-order valence-corrected chi connectivity index (χ4v) is 3.01. The first kappa shape index (κ1) is 18.0. The Labute approximate surface area is 133 Å². The fraction of sp³-hybridized carbons (Fsp3) is 0.923. The van der Waals surface area contributed by atoms with E-state index in [4.69, 9.17) is 10.5 Å². The van der Waals surface area contributed by atoms with Crippen LogP contribution in [0.25, 0.3) is 0 Å². The first-order valence-corrected chi connectivity index (χ1v) is 7.16. The molecule has 5 nitrogen and oxygen atoms in total. The van der Waals surface area contributed by atoms with Gasteiger partial charge >= 0.3 is 0 Å². The molecule has 0 aromatic carbocycles. The standard InChI is InChI=1S/C13H23N3O2.2ClH/c14-9-11-3-4-12(18-11)13(17)16-7-5-15(6-8-16)10-1-2-10;;/h10-12H,1-9,14H2;2*1H/t11-,12+;;/m1../s1. The van der Waals surface area contributed by atoms with Crippen molar-refractivity contribution in [1.82, 2.24) is 9.80 Å². The summed E-state index contributed by atoms with van der Waals surface area (Å²) in [5.41, 5.74) is 5.58. The van der Waals surface area contributed by atoms with Crippen LogP contribution >= 0.6 is 24.8 Å². The van der Waals surface area contributed by atoms with Crippen molar-refractivity contribution in [2.75, 3.05) is 32.7 Å². The van der Waals surface area contributed by atoms with Gasteiger partial charge in [0.15, 0.2) is 0 Å². The van der Waals surface area contributed by atoms with Gasteiger partial charge in [0.1, 0.15) is 6.10 Å². The molecule has 0 radical (unpaired) electrons. The molecule has 2 N–H and O–H groups in total. The number of amides is 1. The first-order valence-electron chi connectivity index (χ1n) is 7.16. The number of hydrogen-bond donors (Lipinski definition) is 1. The molecule has 7 heteroatoms. The zero-order valence-electron chi connectivity index (χ0n) is 11.7. The lowest BCUT2D eigenvalue weighted by Gasteiger charge is -2.35. The van der Waals surface area contributed by atoms with Crippen LogP contribution in [0.15, 0.2) is 0 Å². The molecule has 0 spiro atoms. The molecule has 2 saturated heterocycles. The molecule has 1 amide bonds. The number of carbonyl (C=O) groups excluding carboxylic acids is 1. The lowest BCUT2D eigenvalue weighted by molar-refractivity contribution is -0.144. The predicted octanol–water partition coefficient (Wildman–Crippen LogP) is 0.643. The summed E-state index contributed by atoms with van der Waals surface area (Å²) in [4.78, 5) is 16.8. The van der Waals surface area contributed by atoms with Crippen LogP contribution in [0.3, 0.4) is 0 Å². The van der Waals surface area contributed by atoms with Crippen LogP contribution in [0, 0.1) is 0 Å². The summed E-state index contributed by atoms with van der Waals surface area (Å²) in [6, 6.07) is 0.812. The summed E-state index contributed by atoms with van der Waals surface area (Å²) < 4.78 is 5.68. The average Bonchev–Trinajstić information content (AvgIpc) is 3.16. The Balaban J connectivity index is 0.000001000. The smallest absolute Gasteiger partial charge is 0.251 e. The fourth-order valence-electron chi connectivity index (χ4n) is 3.01. The third-order valence-electron chi connectivity index (χ3n) is 4.34. The Kier molecular flexibility index (Phi) is 7.01. The molecular formula is C13H25Cl2N3O2. The van der Waals surface area contributed by atoms with Crippen molar-refractivity contribution in [2.45, 2.75) is 43.9 Å². The molecule has 2 aliphatic heterocycles. The summed E-state index contributed by atoms with van der Waals surface area (Å²) in [6.07, 6.45) is 4.31. The zero-order chi connectivity index (χ0) is 12.5. The number of nitrogens with two attached hydrogens (primary N) is 1. The Hall–Kier alpha value is -0.0700. The molecular weight excluding hydrogens is 301 g/mol. The predicted molar refractivity (Wildman–Crippen MR) is 82.6 cm³/mol. The van der Waals surface area contributed by atoms with Gasteiger partial charge in [-0.25, -0.2) is 0 Å². The number of nitrogens with zero attached hydrogens (tertiary/aromatic N) is 2. The van der Waals surface area contributed by atoms with Crippen molar-refractivity contribution in [3.8, 4) is 0 Å². The van der Waals surface area contributed by atoms with Gasteiger partial charge in [-0.1, -0.05) is 0 Å². The van der Waals surface area contributed by atoms with Crippen molar-refractivity contribution < 1.29 is 9.53 Å². The van der Waals surface area contributed by atoms with E-state index in [1.54, 1.807) is 0 Å². The van der Waals surface area contributed by atoms with E-state index in [0.29, 0.717) is 6.54 Å². The second-order valence-corrected chi connectivity index (χ2v) is 5.65. The highest BCUT2D eigenvalue weighted by atomic mass is 35.5. The molecule has 3 fully saturated rings. The summed E-state index contributed by atoms with van der Waals surface area (Å²) in [6.45, 7) is 4.32. The maximum Gasteiger partial charge on any atom is 0.251 e. The Morgan fingerprint density at radius 1 is 1.05 bits per heavy atom. The number of piperazine rings is 1. The number of carbonyl (C=O) groups is 1. The SMILES string of the molecule is Cl.Cl.NC[C@H]1CC[C@@H](C(=O)N2CCN(C3CC3)CC2)O1. The molecule has 1 aliphatic carbocycles. The monoisotopic (exact) mass is 325 g/mol. The van der Waals surface area contributed by atoms with Crippen LogP contribution in [0.1, 0.15) is 25.7 Å². The zero-order valence-corrected chi connectivity index (χ0v) is 13.3. The van der Waals surface area contributed by atoms with Gasteiger partial charge in [-0.2, -0.15) is 0 Å². The normalized spacial score (nSPS) is 30.6. The molecule has 0 aromatic rings. The van der Waals surface area contributed by atoms with E-state index in [9.17, 15) is 4.79 Å². The van der Waals surface area contributed by atoms with Crippen molar-refractivity contribution in [2.24, 2.45) is 5.73 Å². The number of ether oxygens (including phenoxy) is 1. The highest BCUT2D eigenvalue weighted by Gasteiger charge is 2.36. The maximum atomic E-state index is 12.3. The Morgan fingerprint density at radius 2 is 1.70 bits per heavy atom. The second-order valence-electron chi connectivity index (χ2n) is 5.65. The van der Waals surface area contributed by atoms with Gasteiger partial charge in [0.2, 0.25) is 0 Å². The minimum Gasteiger partial charge on any atom is -0.364 e. The van der Waals surface area contributed by atoms with E-state index in [1.165, 1.54) is 12.8 Å².